The SMILES string of the molecule is Cc1nc(-c2ccsc2)ccc1C(=O)NC1CCN(CC2CCOC2)CC1. The van der Waals surface area contributed by atoms with Crippen LogP contribution in [-0.2, 0) is 4.74 Å². The Kier molecular flexibility index (Phi) is 5.86. The quantitative estimate of drug-likeness (QED) is 0.858. The molecule has 0 aliphatic carbocycles. The van der Waals surface area contributed by atoms with Crippen LogP contribution in [0.25, 0.3) is 11.3 Å². The van der Waals surface area contributed by atoms with Crippen molar-refractivity contribution in [2.75, 3.05) is 32.8 Å². The zero-order valence-electron chi connectivity index (χ0n) is 15.8. The molecular formula is C21H27N3O2S. The number of hydrogen-bond acceptors (Lipinski definition) is 5. The monoisotopic (exact) mass is 385 g/mol. The third-order valence-corrected chi connectivity index (χ3v) is 6.29. The Morgan fingerprint density at radius 2 is 2.15 bits per heavy atom. The van der Waals surface area contributed by atoms with Gasteiger partial charge in [0.25, 0.3) is 5.91 Å². The van der Waals surface area contributed by atoms with Gasteiger partial charge in [-0.05, 0) is 55.7 Å². The third kappa shape index (κ3) is 4.57. The second-order valence-electron chi connectivity index (χ2n) is 7.62. The lowest BCUT2D eigenvalue weighted by molar-refractivity contribution is 0.0902. The van der Waals surface area contributed by atoms with E-state index in [0.717, 1.165) is 62.6 Å². The molecule has 1 amide bonds. The van der Waals surface area contributed by atoms with Crippen LogP contribution in [0.4, 0.5) is 0 Å². The summed E-state index contributed by atoms with van der Waals surface area (Å²) in [6.45, 7) is 6.97. The van der Waals surface area contributed by atoms with Gasteiger partial charge in [0, 0.05) is 43.2 Å². The minimum absolute atomic E-state index is 0.000452. The molecule has 2 fully saturated rings. The van der Waals surface area contributed by atoms with Gasteiger partial charge in [-0.3, -0.25) is 9.78 Å². The number of nitrogens with zero attached hydrogens (tertiary/aromatic N) is 2. The Morgan fingerprint density at radius 1 is 1.30 bits per heavy atom. The highest BCUT2D eigenvalue weighted by atomic mass is 32.1. The maximum absolute atomic E-state index is 12.7. The second-order valence-corrected chi connectivity index (χ2v) is 8.40. The largest absolute Gasteiger partial charge is 0.381 e. The molecule has 4 heterocycles. The molecule has 6 heteroatoms. The molecule has 0 saturated carbocycles. The van der Waals surface area contributed by atoms with E-state index < -0.39 is 0 Å². The highest BCUT2D eigenvalue weighted by Crippen LogP contribution is 2.22. The van der Waals surface area contributed by atoms with Crippen LogP contribution in [0, 0.1) is 12.8 Å². The van der Waals surface area contributed by atoms with E-state index in [2.05, 4.69) is 26.6 Å². The van der Waals surface area contributed by atoms with Gasteiger partial charge in [0.05, 0.1) is 23.6 Å². The third-order valence-electron chi connectivity index (χ3n) is 5.61. The summed E-state index contributed by atoms with van der Waals surface area (Å²) >= 11 is 1.65. The van der Waals surface area contributed by atoms with Crippen LogP contribution in [0.1, 0.15) is 35.3 Å². The standard InChI is InChI=1S/C21H27N3O2S/c1-15-19(2-3-20(22-15)17-7-11-27-14-17)21(25)23-18-4-8-24(9-5-18)12-16-6-10-26-13-16/h2-3,7,11,14,16,18H,4-6,8-10,12-13H2,1H3,(H,23,25). The number of hydrogen-bond donors (Lipinski definition) is 1. The van der Waals surface area contributed by atoms with Crippen molar-refractivity contribution in [3.8, 4) is 11.3 Å². The lowest BCUT2D eigenvalue weighted by Crippen LogP contribution is -2.46. The van der Waals surface area contributed by atoms with Crippen molar-refractivity contribution in [3.05, 3.63) is 40.2 Å². The number of thiophene rings is 1. The molecule has 0 spiro atoms. The smallest absolute Gasteiger partial charge is 0.253 e. The highest BCUT2D eigenvalue weighted by Gasteiger charge is 2.25. The molecule has 1 unspecified atom stereocenters. The number of carbonyl (C=O) groups excluding carboxylic acids is 1. The number of amides is 1. The maximum Gasteiger partial charge on any atom is 0.253 e. The molecular weight excluding hydrogens is 358 g/mol. The van der Waals surface area contributed by atoms with E-state index in [1.165, 1.54) is 6.42 Å². The van der Waals surface area contributed by atoms with Crippen molar-refractivity contribution >= 4 is 17.2 Å². The molecule has 0 aromatic carbocycles. The number of nitrogens with one attached hydrogen (secondary N) is 1. The summed E-state index contributed by atoms with van der Waals surface area (Å²) < 4.78 is 5.48. The average Bonchev–Trinajstić information content (AvgIpc) is 3.37. The fourth-order valence-electron chi connectivity index (χ4n) is 3.99. The number of aryl methyl sites for hydroxylation is 1. The molecule has 2 aromatic heterocycles. The topological polar surface area (TPSA) is 54.5 Å². The van der Waals surface area contributed by atoms with Crippen LogP contribution in [0.2, 0.25) is 0 Å². The molecule has 1 N–H and O–H groups in total. The van der Waals surface area contributed by atoms with E-state index in [-0.39, 0.29) is 11.9 Å². The van der Waals surface area contributed by atoms with Crippen LogP contribution >= 0.6 is 11.3 Å². The van der Waals surface area contributed by atoms with Crippen molar-refractivity contribution < 1.29 is 9.53 Å². The van der Waals surface area contributed by atoms with Crippen molar-refractivity contribution in [2.45, 2.75) is 32.2 Å². The predicted octanol–water partition coefficient (Wildman–Crippen LogP) is 3.35. The van der Waals surface area contributed by atoms with Gasteiger partial charge < -0.3 is 15.0 Å². The van der Waals surface area contributed by atoms with E-state index in [9.17, 15) is 4.79 Å². The molecule has 27 heavy (non-hydrogen) atoms. The Balaban J connectivity index is 1.30. The van der Waals surface area contributed by atoms with Gasteiger partial charge in [0.15, 0.2) is 0 Å². The zero-order valence-corrected chi connectivity index (χ0v) is 16.6. The van der Waals surface area contributed by atoms with Crippen LogP contribution < -0.4 is 5.32 Å². The van der Waals surface area contributed by atoms with Gasteiger partial charge >= 0.3 is 0 Å². The Bertz CT molecular complexity index is 764. The van der Waals surface area contributed by atoms with Gasteiger partial charge in [-0.2, -0.15) is 11.3 Å². The number of carbonyl (C=O) groups is 1. The summed E-state index contributed by atoms with van der Waals surface area (Å²) in [7, 11) is 0. The van der Waals surface area contributed by atoms with Crippen LogP contribution in [0.3, 0.4) is 0 Å². The fourth-order valence-corrected chi connectivity index (χ4v) is 4.64. The van der Waals surface area contributed by atoms with E-state index in [1.807, 2.05) is 24.4 Å². The van der Waals surface area contributed by atoms with Gasteiger partial charge in [-0.25, -0.2) is 0 Å². The number of pyridine rings is 1. The first-order valence-electron chi connectivity index (χ1n) is 9.80. The minimum Gasteiger partial charge on any atom is -0.381 e. The lowest BCUT2D eigenvalue weighted by Gasteiger charge is -2.33. The van der Waals surface area contributed by atoms with Crippen LogP contribution in [0.15, 0.2) is 29.0 Å². The lowest BCUT2D eigenvalue weighted by atomic mass is 10.0. The summed E-state index contributed by atoms with van der Waals surface area (Å²) in [5.41, 5.74) is 3.50. The second kappa shape index (κ2) is 8.50. The van der Waals surface area contributed by atoms with Crippen molar-refractivity contribution in [1.29, 1.82) is 0 Å². The first-order valence-corrected chi connectivity index (χ1v) is 10.7. The van der Waals surface area contributed by atoms with Crippen molar-refractivity contribution in [3.63, 3.8) is 0 Å². The van der Waals surface area contributed by atoms with Crippen LogP contribution in [0.5, 0.6) is 0 Å². The summed E-state index contributed by atoms with van der Waals surface area (Å²) in [5.74, 6) is 0.686. The van der Waals surface area contributed by atoms with Gasteiger partial charge in [-0.15, -0.1) is 0 Å². The van der Waals surface area contributed by atoms with Crippen molar-refractivity contribution in [1.82, 2.24) is 15.2 Å². The molecule has 4 rings (SSSR count). The molecule has 5 nitrogen and oxygen atoms in total. The molecule has 0 bridgehead atoms. The number of piperidine rings is 1. The fraction of sp³-hybridized carbons (Fsp3) is 0.524. The van der Waals surface area contributed by atoms with Crippen LogP contribution in [-0.4, -0.2) is 54.7 Å². The number of rotatable bonds is 5. The Hall–Kier alpha value is -1.76. The molecule has 1 atom stereocenters. The molecule has 2 aromatic rings. The molecule has 0 radical (unpaired) electrons. The van der Waals surface area contributed by atoms with Gasteiger partial charge in [0.2, 0.25) is 0 Å². The normalized spacial score (nSPS) is 21.4. The number of ether oxygens (including phenoxy) is 1. The Labute approximate surface area is 164 Å². The Morgan fingerprint density at radius 3 is 2.81 bits per heavy atom. The molecule has 2 saturated heterocycles. The number of likely N-dealkylation sites (tertiary alicyclic amines) is 1. The minimum atomic E-state index is -0.000452. The van der Waals surface area contributed by atoms with E-state index in [4.69, 9.17) is 4.74 Å². The summed E-state index contributed by atoms with van der Waals surface area (Å²) in [6, 6.07) is 6.15. The van der Waals surface area contributed by atoms with Gasteiger partial charge in [-0.1, -0.05) is 0 Å². The first-order chi connectivity index (χ1) is 13.2. The molecule has 2 aliphatic rings. The predicted molar refractivity (Wildman–Crippen MR) is 108 cm³/mol. The van der Waals surface area contributed by atoms with E-state index in [0.29, 0.717) is 11.5 Å². The summed E-state index contributed by atoms with van der Waals surface area (Å²) in [6.07, 6.45) is 3.21. The highest BCUT2D eigenvalue weighted by molar-refractivity contribution is 7.08. The summed E-state index contributed by atoms with van der Waals surface area (Å²) in [4.78, 5) is 19.9. The zero-order chi connectivity index (χ0) is 18.6. The van der Waals surface area contributed by atoms with Gasteiger partial charge in [0.1, 0.15) is 0 Å². The first kappa shape index (κ1) is 18.6. The molecule has 144 valence electrons. The molecule has 2 aliphatic heterocycles. The van der Waals surface area contributed by atoms with E-state index in [1.54, 1.807) is 11.3 Å². The number of aromatic nitrogens is 1. The van der Waals surface area contributed by atoms with Crippen molar-refractivity contribution in [2.24, 2.45) is 5.92 Å². The van der Waals surface area contributed by atoms with E-state index >= 15 is 0 Å². The summed E-state index contributed by atoms with van der Waals surface area (Å²) in [5, 5.41) is 7.33. The average molecular weight is 386 g/mol. The maximum atomic E-state index is 12.7.